The number of anilines is 1. The van der Waals surface area contributed by atoms with Crippen molar-refractivity contribution in [2.75, 3.05) is 11.0 Å². The van der Waals surface area contributed by atoms with Crippen LogP contribution in [0, 0.1) is 5.82 Å². The summed E-state index contributed by atoms with van der Waals surface area (Å²) in [7, 11) is -3.51. The highest BCUT2D eigenvalue weighted by Gasteiger charge is 2.36. The second-order valence-electron chi connectivity index (χ2n) is 6.83. The number of benzene rings is 2. The van der Waals surface area contributed by atoms with Gasteiger partial charge in [0.25, 0.3) is 5.91 Å². The molecule has 0 bridgehead atoms. The van der Waals surface area contributed by atoms with Crippen molar-refractivity contribution in [3.63, 3.8) is 0 Å². The first-order valence-electron chi connectivity index (χ1n) is 9.09. The summed E-state index contributed by atoms with van der Waals surface area (Å²) in [6.45, 7) is 0. The van der Waals surface area contributed by atoms with Gasteiger partial charge in [0, 0.05) is 17.5 Å². The molecule has 1 aromatic heterocycles. The number of rotatable bonds is 5. The van der Waals surface area contributed by atoms with Gasteiger partial charge in [0.15, 0.2) is 0 Å². The van der Waals surface area contributed by atoms with Gasteiger partial charge < -0.3 is 0 Å². The van der Waals surface area contributed by atoms with Crippen LogP contribution in [-0.4, -0.2) is 31.3 Å². The van der Waals surface area contributed by atoms with E-state index in [0.717, 1.165) is 6.26 Å². The summed E-state index contributed by atoms with van der Waals surface area (Å²) in [6, 6.07) is 15.9. The molecule has 6 nitrogen and oxygen atoms in total. The van der Waals surface area contributed by atoms with Crippen molar-refractivity contribution >= 4 is 38.7 Å². The number of halogens is 1. The lowest BCUT2D eigenvalue weighted by molar-refractivity contribution is 0.0713. The van der Waals surface area contributed by atoms with Crippen molar-refractivity contribution in [1.82, 2.24) is 5.01 Å². The summed E-state index contributed by atoms with van der Waals surface area (Å²) in [5.41, 5.74) is 1.76. The molecule has 1 atom stereocenters. The highest BCUT2D eigenvalue weighted by molar-refractivity contribution is 7.92. The molecule has 1 amide bonds. The Morgan fingerprint density at radius 2 is 1.87 bits per heavy atom. The Labute approximate surface area is 177 Å². The number of para-hydroxylation sites is 1. The molecule has 1 unspecified atom stereocenters. The normalized spacial score (nSPS) is 16.4. The molecule has 0 spiro atoms. The van der Waals surface area contributed by atoms with E-state index >= 15 is 0 Å². The predicted molar refractivity (Wildman–Crippen MR) is 116 cm³/mol. The first-order chi connectivity index (χ1) is 14.3. The van der Waals surface area contributed by atoms with Crippen LogP contribution in [0.5, 0.6) is 0 Å². The van der Waals surface area contributed by atoms with Gasteiger partial charge in [0.05, 0.1) is 28.6 Å². The Kier molecular flexibility index (Phi) is 5.40. The maximum Gasteiger partial charge on any atom is 0.284 e. The minimum atomic E-state index is -3.51. The third-order valence-corrected chi connectivity index (χ3v) is 6.10. The summed E-state index contributed by atoms with van der Waals surface area (Å²) in [4.78, 5) is 13.6. The SMILES string of the molecule is CS(=O)(=O)Nc1ccccc1C1=NN(C(=O)c2cccs2)C(c2ccccc2F)C1. The van der Waals surface area contributed by atoms with E-state index in [2.05, 4.69) is 9.82 Å². The summed E-state index contributed by atoms with van der Waals surface area (Å²) in [6.07, 6.45) is 1.31. The summed E-state index contributed by atoms with van der Waals surface area (Å²) in [5.74, 6) is -0.757. The molecule has 4 rings (SSSR count). The van der Waals surface area contributed by atoms with Crippen LogP contribution in [0.25, 0.3) is 0 Å². The molecule has 3 aromatic rings. The van der Waals surface area contributed by atoms with Crippen LogP contribution in [0.3, 0.4) is 0 Å². The van der Waals surface area contributed by atoms with Gasteiger partial charge in [-0.05, 0) is 23.6 Å². The van der Waals surface area contributed by atoms with E-state index in [0.29, 0.717) is 27.4 Å². The van der Waals surface area contributed by atoms with Gasteiger partial charge in [-0.1, -0.05) is 42.5 Å². The summed E-state index contributed by atoms with van der Waals surface area (Å²) >= 11 is 1.28. The Morgan fingerprint density at radius 1 is 1.13 bits per heavy atom. The van der Waals surface area contributed by atoms with Crippen LogP contribution in [0.2, 0.25) is 0 Å². The average molecular weight is 444 g/mol. The maximum absolute atomic E-state index is 14.6. The first kappa shape index (κ1) is 20.2. The molecule has 2 aromatic carbocycles. The molecular formula is C21H18FN3O3S2. The van der Waals surface area contributed by atoms with Gasteiger partial charge in [0.1, 0.15) is 5.82 Å². The lowest BCUT2D eigenvalue weighted by Crippen LogP contribution is -2.27. The second kappa shape index (κ2) is 8.00. The van der Waals surface area contributed by atoms with Gasteiger partial charge in [-0.25, -0.2) is 17.8 Å². The fourth-order valence-electron chi connectivity index (χ4n) is 3.38. The van der Waals surface area contributed by atoms with E-state index in [9.17, 15) is 17.6 Å². The van der Waals surface area contributed by atoms with E-state index in [1.54, 1.807) is 60.0 Å². The molecule has 0 fully saturated rings. The van der Waals surface area contributed by atoms with Crippen molar-refractivity contribution in [3.05, 3.63) is 87.9 Å². The van der Waals surface area contributed by atoms with E-state index in [1.807, 2.05) is 0 Å². The Morgan fingerprint density at radius 3 is 2.57 bits per heavy atom. The van der Waals surface area contributed by atoms with Crippen LogP contribution < -0.4 is 4.72 Å². The fraction of sp³-hybridized carbons (Fsp3) is 0.143. The minimum Gasteiger partial charge on any atom is -0.283 e. The van der Waals surface area contributed by atoms with Crippen molar-refractivity contribution < 1.29 is 17.6 Å². The number of carbonyl (C=O) groups excluding carboxylic acids is 1. The number of hydrazone groups is 1. The largest absolute Gasteiger partial charge is 0.284 e. The molecule has 2 heterocycles. The van der Waals surface area contributed by atoms with Crippen molar-refractivity contribution in [2.24, 2.45) is 5.10 Å². The van der Waals surface area contributed by atoms with Crippen LogP contribution in [-0.2, 0) is 10.0 Å². The molecular weight excluding hydrogens is 425 g/mol. The lowest BCUT2D eigenvalue weighted by atomic mass is 9.97. The Bertz CT molecular complexity index is 1220. The highest BCUT2D eigenvalue weighted by Crippen LogP contribution is 2.37. The van der Waals surface area contributed by atoms with Crippen LogP contribution >= 0.6 is 11.3 Å². The molecule has 0 saturated carbocycles. The highest BCUT2D eigenvalue weighted by atomic mass is 32.2. The molecule has 154 valence electrons. The molecule has 1 aliphatic heterocycles. The molecule has 1 N–H and O–H groups in total. The Hall–Kier alpha value is -3.04. The monoisotopic (exact) mass is 443 g/mol. The maximum atomic E-state index is 14.6. The smallest absolute Gasteiger partial charge is 0.283 e. The second-order valence-corrected chi connectivity index (χ2v) is 9.53. The van der Waals surface area contributed by atoms with E-state index in [4.69, 9.17) is 0 Å². The van der Waals surface area contributed by atoms with Gasteiger partial charge >= 0.3 is 0 Å². The van der Waals surface area contributed by atoms with Gasteiger partial charge in [-0.3, -0.25) is 9.52 Å². The van der Waals surface area contributed by atoms with Crippen molar-refractivity contribution in [1.29, 1.82) is 0 Å². The van der Waals surface area contributed by atoms with Crippen molar-refractivity contribution in [3.8, 4) is 0 Å². The minimum absolute atomic E-state index is 0.250. The molecule has 0 radical (unpaired) electrons. The zero-order valence-corrected chi connectivity index (χ0v) is 17.6. The fourth-order valence-corrected chi connectivity index (χ4v) is 4.62. The summed E-state index contributed by atoms with van der Waals surface area (Å²) < 4.78 is 40.6. The Balaban J connectivity index is 1.78. The molecule has 0 saturated heterocycles. The number of hydrogen-bond donors (Lipinski definition) is 1. The third kappa shape index (κ3) is 4.12. The number of sulfonamides is 1. The molecule has 0 aliphatic carbocycles. The molecule has 9 heteroatoms. The number of thiophene rings is 1. The standard InChI is InChI=1S/C21H18FN3O3S2/c1-30(27,28)24-17-10-5-3-8-15(17)18-13-19(14-7-2-4-9-16(14)22)25(23-18)21(26)20-11-6-12-29-20/h2-12,19,24H,13H2,1H3. The number of nitrogens with one attached hydrogen (secondary N) is 1. The van der Waals surface area contributed by atoms with Gasteiger partial charge in [-0.2, -0.15) is 5.10 Å². The van der Waals surface area contributed by atoms with Gasteiger partial charge in [0.2, 0.25) is 10.0 Å². The number of carbonyl (C=O) groups is 1. The average Bonchev–Trinajstić information content (AvgIpc) is 3.37. The topological polar surface area (TPSA) is 78.8 Å². The number of amides is 1. The quantitative estimate of drug-likeness (QED) is 0.640. The number of hydrogen-bond acceptors (Lipinski definition) is 5. The van der Waals surface area contributed by atoms with E-state index < -0.39 is 21.9 Å². The predicted octanol–water partition coefficient (Wildman–Crippen LogP) is 4.25. The van der Waals surface area contributed by atoms with E-state index in [1.165, 1.54) is 22.4 Å². The molecule has 30 heavy (non-hydrogen) atoms. The zero-order chi connectivity index (χ0) is 21.3. The zero-order valence-electron chi connectivity index (χ0n) is 15.9. The van der Waals surface area contributed by atoms with Crippen molar-refractivity contribution in [2.45, 2.75) is 12.5 Å². The van der Waals surface area contributed by atoms with E-state index in [-0.39, 0.29) is 12.3 Å². The number of nitrogens with zero attached hydrogens (tertiary/aromatic N) is 2. The van der Waals surface area contributed by atoms with Crippen LogP contribution in [0.4, 0.5) is 10.1 Å². The molecule has 1 aliphatic rings. The third-order valence-electron chi connectivity index (χ3n) is 4.65. The van der Waals surface area contributed by atoms with Crippen LogP contribution in [0.1, 0.15) is 33.3 Å². The first-order valence-corrected chi connectivity index (χ1v) is 11.9. The summed E-state index contributed by atoms with van der Waals surface area (Å²) in [5, 5.41) is 7.59. The van der Waals surface area contributed by atoms with Gasteiger partial charge in [-0.15, -0.1) is 11.3 Å². The lowest BCUT2D eigenvalue weighted by Gasteiger charge is -2.21. The van der Waals surface area contributed by atoms with Crippen LogP contribution in [0.15, 0.2) is 71.1 Å².